The van der Waals surface area contributed by atoms with E-state index >= 15 is 0 Å². The Hall–Kier alpha value is 0.200. The number of cyclic esters (lactones) is 1. The van der Waals surface area contributed by atoms with Gasteiger partial charge in [0.2, 0.25) is 0 Å². The number of carbonyl (C=O) groups is 1. The van der Waals surface area contributed by atoms with Gasteiger partial charge >= 0.3 is 5.97 Å². The van der Waals surface area contributed by atoms with E-state index in [9.17, 15) is 4.79 Å². The van der Waals surface area contributed by atoms with E-state index < -0.39 is 0 Å². The third-order valence-corrected chi connectivity index (χ3v) is 2.02. The zero-order chi connectivity index (χ0) is 6.69. The topological polar surface area (TPSA) is 26.3 Å². The molecule has 0 aliphatic carbocycles. The summed E-state index contributed by atoms with van der Waals surface area (Å²) in [5.41, 5.74) is 0. The average molecular weight is 240 g/mol. The predicted octanol–water partition coefficient (Wildman–Crippen LogP) is 1.52. The summed E-state index contributed by atoms with van der Waals surface area (Å²) in [6.07, 6.45) is 2.81. The molecular weight excluding hydrogens is 231 g/mol. The molecule has 1 fully saturated rings. The number of alkyl halides is 1. The van der Waals surface area contributed by atoms with Crippen LogP contribution in [0.2, 0.25) is 0 Å². The molecule has 0 aromatic heterocycles. The number of halogens is 1. The lowest BCUT2D eigenvalue weighted by atomic mass is 10.2. The largest absolute Gasteiger partial charge is 0.462 e. The molecule has 1 rings (SSSR count). The van der Waals surface area contributed by atoms with Crippen molar-refractivity contribution in [1.82, 2.24) is 0 Å². The Labute approximate surface area is 68.1 Å². The van der Waals surface area contributed by atoms with Crippen LogP contribution in [-0.4, -0.2) is 16.5 Å². The molecule has 9 heavy (non-hydrogen) atoms. The number of hydrogen-bond donors (Lipinski definition) is 0. The van der Waals surface area contributed by atoms with Gasteiger partial charge in [0.05, 0.1) is 0 Å². The standard InChI is InChI=1S/C6H9IO2/c7-4-3-5-1-2-6(8)9-5/h5H,1-4H2. The van der Waals surface area contributed by atoms with E-state index in [4.69, 9.17) is 4.74 Å². The van der Waals surface area contributed by atoms with Gasteiger partial charge in [-0.25, -0.2) is 0 Å². The smallest absolute Gasteiger partial charge is 0.306 e. The lowest BCUT2D eigenvalue weighted by Gasteiger charge is -2.04. The van der Waals surface area contributed by atoms with Gasteiger partial charge in [0.1, 0.15) is 6.10 Å². The summed E-state index contributed by atoms with van der Waals surface area (Å²) in [7, 11) is 0. The molecule has 1 saturated heterocycles. The van der Waals surface area contributed by atoms with Crippen LogP contribution in [0, 0.1) is 0 Å². The van der Waals surface area contributed by atoms with E-state index in [-0.39, 0.29) is 12.1 Å². The molecule has 1 atom stereocenters. The number of hydrogen-bond acceptors (Lipinski definition) is 2. The van der Waals surface area contributed by atoms with Gasteiger partial charge in [0.25, 0.3) is 0 Å². The predicted molar refractivity (Wildman–Crippen MR) is 42.6 cm³/mol. The first kappa shape index (κ1) is 7.31. The molecule has 0 amide bonds. The number of ether oxygens (including phenoxy) is 1. The summed E-state index contributed by atoms with van der Waals surface area (Å²) in [6.45, 7) is 0. The Balaban J connectivity index is 2.22. The summed E-state index contributed by atoms with van der Waals surface area (Å²) in [6, 6.07) is 0. The van der Waals surface area contributed by atoms with Crippen molar-refractivity contribution >= 4 is 28.6 Å². The second kappa shape index (κ2) is 3.39. The minimum Gasteiger partial charge on any atom is -0.462 e. The van der Waals surface area contributed by atoms with E-state index in [0.717, 1.165) is 17.3 Å². The molecule has 1 aliphatic rings. The van der Waals surface area contributed by atoms with Crippen molar-refractivity contribution in [1.29, 1.82) is 0 Å². The van der Waals surface area contributed by atoms with Crippen LogP contribution in [0.5, 0.6) is 0 Å². The highest BCUT2D eigenvalue weighted by Crippen LogP contribution is 2.17. The third-order valence-electron chi connectivity index (χ3n) is 1.40. The van der Waals surface area contributed by atoms with Crippen LogP contribution >= 0.6 is 22.6 Å². The van der Waals surface area contributed by atoms with Gasteiger partial charge in [-0.05, 0) is 12.8 Å². The first-order valence-electron chi connectivity index (χ1n) is 3.08. The first-order chi connectivity index (χ1) is 4.33. The number of carbonyl (C=O) groups excluding carboxylic acids is 1. The quantitative estimate of drug-likeness (QED) is 0.415. The molecule has 0 radical (unpaired) electrons. The van der Waals surface area contributed by atoms with Crippen LogP contribution in [0.3, 0.4) is 0 Å². The van der Waals surface area contributed by atoms with Crippen molar-refractivity contribution in [2.75, 3.05) is 4.43 Å². The minimum atomic E-state index is -0.0233. The van der Waals surface area contributed by atoms with Crippen molar-refractivity contribution < 1.29 is 9.53 Å². The Kier molecular flexibility index (Phi) is 2.75. The fourth-order valence-corrected chi connectivity index (χ4v) is 1.60. The van der Waals surface area contributed by atoms with Gasteiger partial charge in [-0.1, -0.05) is 22.6 Å². The van der Waals surface area contributed by atoms with E-state index in [1.54, 1.807) is 0 Å². The maximum atomic E-state index is 10.5. The molecule has 3 heteroatoms. The lowest BCUT2D eigenvalue weighted by Crippen LogP contribution is -2.06. The normalized spacial score (nSPS) is 26.3. The minimum absolute atomic E-state index is 0.0233. The third kappa shape index (κ3) is 2.12. The first-order valence-corrected chi connectivity index (χ1v) is 4.61. The molecule has 0 N–H and O–H groups in total. The van der Waals surface area contributed by atoms with Crippen molar-refractivity contribution in [2.45, 2.75) is 25.4 Å². The number of esters is 1. The van der Waals surface area contributed by atoms with Gasteiger partial charge in [0.15, 0.2) is 0 Å². The maximum absolute atomic E-state index is 10.5. The highest BCUT2D eigenvalue weighted by molar-refractivity contribution is 14.1. The molecule has 1 aliphatic heterocycles. The van der Waals surface area contributed by atoms with E-state index in [1.165, 1.54) is 0 Å². The summed E-state index contributed by atoms with van der Waals surface area (Å²) >= 11 is 2.29. The highest BCUT2D eigenvalue weighted by Gasteiger charge is 2.21. The van der Waals surface area contributed by atoms with Gasteiger partial charge in [-0.15, -0.1) is 0 Å². The zero-order valence-electron chi connectivity index (χ0n) is 5.10. The molecule has 0 spiro atoms. The summed E-state index contributed by atoms with van der Waals surface area (Å²) in [5, 5.41) is 0. The molecule has 0 bridgehead atoms. The Morgan fingerprint density at radius 3 is 3.00 bits per heavy atom. The van der Waals surface area contributed by atoms with Crippen molar-refractivity contribution in [2.24, 2.45) is 0 Å². The maximum Gasteiger partial charge on any atom is 0.306 e. The van der Waals surface area contributed by atoms with Crippen molar-refractivity contribution in [3.8, 4) is 0 Å². The summed E-state index contributed by atoms with van der Waals surface area (Å²) in [4.78, 5) is 10.5. The molecule has 2 nitrogen and oxygen atoms in total. The van der Waals surface area contributed by atoms with Crippen LogP contribution in [0.15, 0.2) is 0 Å². The Bertz CT molecular complexity index is 114. The zero-order valence-corrected chi connectivity index (χ0v) is 7.26. The van der Waals surface area contributed by atoms with Gasteiger partial charge in [-0.2, -0.15) is 0 Å². The molecule has 1 heterocycles. The Morgan fingerprint density at radius 1 is 1.78 bits per heavy atom. The van der Waals surface area contributed by atoms with Crippen LogP contribution in [0.25, 0.3) is 0 Å². The van der Waals surface area contributed by atoms with Crippen molar-refractivity contribution in [3.05, 3.63) is 0 Å². The summed E-state index contributed by atoms with van der Waals surface area (Å²) in [5.74, 6) is -0.0233. The lowest BCUT2D eigenvalue weighted by molar-refractivity contribution is -0.141. The highest BCUT2D eigenvalue weighted by atomic mass is 127. The molecule has 0 aromatic rings. The SMILES string of the molecule is O=C1CCC(CCI)O1. The summed E-state index contributed by atoms with van der Waals surface area (Å²) < 4.78 is 6.04. The van der Waals surface area contributed by atoms with Crippen LogP contribution < -0.4 is 0 Å². The van der Waals surface area contributed by atoms with Gasteiger partial charge in [-0.3, -0.25) is 4.79 Å². The van der Waals surface area contributed by atoms with Crippen LogP contribution in [-0.2, 0) is 9.53 Å². The van der Waals surface area contributed by atoms with Gasteiger partial charge < -0.3 is 4.74 Å². The van der Waals surface area contributed by atoms with E-state index in [2.05, 4.69) is 22.6 Å². The second-order valence-corrected chi connectivity index (χ2v) is 3.21. The average Bonchev–Trinajstić information content (AvgIpc) is 2.17. The molecule has 0 saturated carbocycles. The molecule has 1 unspecified atom stereocenters. The molecule has 52 valence electrons. The van der Waals surface area contributed by atoms with E-state index in [0.29, 0.717) is 6.42 Å². The fraction of sp³-hybridized carbons (Fsp3) is 0.833. The van der Waals surface area contributed by atoms with Gasteiger partial charge in [0, 0.05) is 10.8 Å². The molecule has 0 aromatic carbocycles. The number of rotatable bonds is 2. The second-order valence-electron chi connectivity index (χ2n) is 2.13. The van der Waals surface area contributed by atoms with E-state index in [1.807, 2.05) is 0 Å². The van der Waals surface area contributed by atoms with Crippen molar-refractivity contribution in [3.63, 3.8) is 0 Å². The Morgan fingerprint density at radius 2 is 2.56 bits per heavy atom. The molecular formula is C6H9IO2. The van der Waals surface area contributed by atoms with Crippen LogP contribution in [0.1, 0.15) is 19.3 Å². The fourth-order valence-electron chi connectivity index (χ4n) is 0.908. The van der Waals surface area contributed by atoms with Crippen LogP contribution in [0.4, 0.5) is 0 Å². The monoisotopic (exact) mass is 240 g/mol.